The molecule has 3 aromatic heterocycles. The Morgan fingerprint density at radius 3 is 2.61 bits per heavy atom. The van der Waals surface area contributed by atoms with Gasteiger partial charge < -0.3 is 10.6 Å². The predicted octanol–water partition coefficient (Wildman–Crippen LogP) is 3.85. The van der Waals surface area contributed by atoms with E-state index in [0.29, 0.717) is 17.0 Å². The maximum absolute atomic E-state index is 12.8. The minimum atomic E-state index is -4.30. The summed E-state index contributed by atoms with van der Waals surface area (Å²) in [6, 6.07) is 0.989. The number of hydrogen-bond donors (Lipinski definition) is 2. The molecule has 3 atom stereocenters. The van der Waals surface area contributed by atoms with Crippen molar-refractivity contribution in [3.05, 3.63) is 41.1 Å². The maximum atomic E-state index is 12.8. The molecule has 0 radical (unpaired) electrons. The van der Waals surface area contributed by atoms with Gasteiger partial charge in [0.2, 0.25) is 5.91 Å². The van der Waals surface area contributed by atoms with Gasteiger partial charge in [-0.25, -0.2) is 14.1 Å². The molecule has 1 saturated carbocycles. The van der Waals surface area contributed by atoms with Crippen LogP contribution < -0.4 is 10.6 Å². The van der Waals surface area contributed by atoms with E-state index in [4.69, 9.17) is 0 Å². The summed E-state index contributed by atoms with van der Waals surface area (Å²) in [7, 11) is 0. The van der Waals surface area contributed by atoms with Crippen LogP contribution in [0.5, 0.6) is 0 Å². The van der Waals surface area contributed by atoms with Crippen molar-refractivity contribution in [3.8, 4) is 0 Å². The summed E-state index contributed by atoms with van der Waals surface area (Å²) in [6.45, 7) is 5.03. The van der Waals surface area contributed by atoms with Crippen molar-refractivity contribution in [3.63, 3.8) is 0 Å². The first-order chi connectivity index (χ1) is 17.0. The molecule has 0 saturated heterocycles. The molecule has 0 aliphatic heterocycles. The number of halogens is 3. The SMILES string of the molecule is CC[C@H](CC(=O)N[C@@H](c1cnn2cc([C@H](C)NC(=O)c3nonc3C)nc2c1)C1CC1)CC(F)(F)F. The highest BCUT2D eigenvalue weighted by Crippen LogP contribution is 2.41. The number of nitrogens with one attached hydrogen (secondary N) is 2. The third-order valence-corrected chi connectivity index (χ3v) is 6.36. The maximum Gasteiger partial charge on any atom is 0.389 e. The first kappa shape index (κ1) is 25.6. The number of carbonyl (C=O) groups excluding carboxylic acids is 2. The zero-order chi connectivity index (χ0) is 26.0. The first-order valence-corrected chi connectivity index (χ1v) is 11.9. The third-order valence-electron chi connectivity index (χ3n) is 6.36. The molecule has 13 heteroatoms. The van der Waals surface area contributed by atoms with Crippen LogP contribution in [0.4, 0.5) is 13.2 Å². The minimum Gasteiger partial charge on any atom is -0.349 e. The largest absolute Gasteiger partial charge is 0.389 e. The van der Waals surface area contributed by atoms with Gasteiger partial charge >= 0.3 is 6.18 Å². The molecule has 0 spiro atoms. The number of fused-ring (bicyclic) bond motifs is 1. The Bertz CT molecular complexity index is 1240. The number of nitrogens with zero attached hydrogens (tertiary/aromatic N) is 5. The zero-order valence-corrected chi connectivity index (χ0v) is 20.2. The molecule has 4 rings (SSSR count). The van der Waals surface area contributed by atoms with Crippen LogP contribution in [0.1, 0.15) is 85.5 Å². The molecule has 2 amide bonds. The van der Waals surface area contributed by atoms with Gasteiger partial charge in [0.1, 0.15) is 5.69 Å². The molecule has 1 aliphatic rings. The summed E-state index contributed by atoms with van der Waals surface area (Å²) in [5.74, 6) is -1.40. The van der Waals surface area contributed by atoms with E-state index in [2.05, 4.69) is 35.7 Å². The topological polar surface area (TPSA) is 127 Å². The molecule has 1 fully saturated rings. The quantitative estimate of drug-likeness (QED) is 0.427. The van der Waals surface area contributed by atoms with Crippen LogP contribution in [0.15, 0.2) is 23.1 Å². The highest BCUT2D eigenvalue weighted by atomic mass is 19.4. The highest BCUT2D eigenvalue weighted by molar-refractivity contribution is 5.93. The van der Waals surface area contributed by atoms with Crippen LogP contribution in [0.2, 0.25) is 0 Å². The lowest BCUT2D eigenvalue weighted by atomic mass is 9.97. The average Bonchev–Trinajstić information content (AvgIpc) is 3.40. The van der Waals surface area contributed by atoms with Crippen LogP contribution in [-0.2, 0) is 4.79 Å². The number of hydrogen-bond acceptors (Lipinski definition) is 7. The molecule has 194 valence electrons. The van der Waals surface area contributed by atoms with Gasteiger partial charge in [0.15, 0.2) is 11.3 Å². The average molecular weight is 508 g/mol. The van der Waals surface area contributed by atoms with Gasteiger partial charge in [0.05, 0.1) is 30.2 Å². The number of aromatic nitrogens is 5. The molecule has 2 N–H and O–H groups in total. The molecule has 10 nitrogen and oxygen atoms in total. The second-order valence-corrected chi connectivity index (χ2v) is 9.33. The Morgan fingerprint density at radius 1 is 1.25 bits per heavy atom. The van der Waals surface area contributed by atoms with Crippen molar-refractivity contribution in [2.24, 2.45) is 11.8 Å². The van der Waals surface area contributed by atoms with Gasteiger partial charge in [-0.15, -0.1) is 0 Å². The molecule has 0 aromatic carbocycles. The van der Waals surface area contributed by atoms with Crippen molar-refractivity contribution in [1.82, 2.24) is 35.5 Å². The summed E-state index contributed by atoms with van der Waals surface area (Å²) in [5, 5.41) is 17.3. The lowest BCUT2D eigenvalue weighted by Crippen LogP contribution is -2.32. The minimum absolute atomic E-state index is 0.0922. The summed E-state index contributed by atoms with van der Waals surface area (Å²) in [5.41, 5.74) is 2.28. The summed E-state index contributed by atoms with van der Waals surface area (Å²) < 4.78 is 44.5. The van der Waals surface area contributed by atoms with Gasteiger partial charge in [0.25, 0.3) is 5.91 Å². The van der Waals surface area contributed by atoms with Crippen LogP contribution in [-0.4, -0.2) is 42.9 Å². The van der Waals surface area contributed by atoms with Crippen LogP contribution in [0.25, 0.3) is 5.65 Å². The Morgan fingerprint density at radius 2 is 2.00 bits per heavy atom. The monoisotopic (exact) mass is 507 g/mol. The molecule has 0 unspecified atom stereocenters. The van der Waals surface area contributed by atoms with E-state index in [-0.39, 0.29) is 30.5 Å². The van der Waals surface area contributed by atoms with Gasteiger partial charge in [-0.2, -0.15) is 18.3 Å². The van der Waals surface area contributed by atoms with E-state index >= 15 is 0 Å². The van der Waals surface area contributed by atoms with Crippen molar-refractivity contribution in [2.45, 2.75) is 71.1 Å². The van der Waals surface area contributed by atoms with E-state index in [1.54, 1.807) is 43.7 Å². The number of carbonyl (C=O) groups is 2. The van der Waals surface area contributed by atoms with Crippen LogP contribution in [0.3, 0.4) is 0 Å². The summed E-state index contributed by atoms with van der Waals surface area (Å²) in [4.78, 5) is 29.6. The summed E-state index contributed by atoms with van der Waals surface area (Å²) >= 11 is 0. The number of rotatable bonds is 10. The lowest BCUT2D eigenvalue weighted by molar-refractivity contribution is -0.147. The Balaban J connectivity index is 1.46. The smallest absolute Gasteiger partial charge is 0.349 e. The fourth-order valence-electron chi connectivity index (χ4n) is 4.15. The second kappa shape index (κ2) is 10.2. The van der Waals surface area contributed by atoms with Crippen molar-refractivity contribution in [1.29, 1.82) is 0 Å². The molecule has 3 aromatic rings. The van der Waals surface area contributed by atoms with Crippen LogP contribution in [0, 0.1) is 18.8 Å². The Hall–Kier alpha value is -3.51. The lowest BCUT2D eigenvalue weighted by Gasteiger charge is -2.21. The first-order valence-electron chi connectivity index (χ1n) is 11.9. The number of imidazole rings is 1. The molecular formula is C23H28F3N7O3. The number of amides is 2. The zero-order valence-electron chi connectivity index (χ0n) is 20.2. The molecule has 36 heavy (non-hydrogen) atoms. The molecule has 0 bridgehead atoms. The van der Waals surface area contributed by atoms with Gasteiger partial charge in [-0.05, 0) is 55.3 Å². The predicted molar refractivity (Wildman–Crippen MR) is 121 cm³/mol. The highest BCUT2D eigenvalue weighted by Gasteiger charge is 2.36. The van der Waals surface area contributed by atoms with Crippen molar-refractivity contribution in [2.75, 3.05) is 0 Å². The van der Waals surface area contributed by atoms with Crippen LogP contribution >= 0.6 is 0 Å². The summed E-state index contributed by atoms with van der Waals surface area (Å²) in [6.07, 6.45) is -0.0482. The Kier molecular flexibility index (Phi) is 7.27. The Labute approximate surface area is 205 Å². The number of alkyl halides is 3. The molecular weight excluding hydrogens is 479 g/mol. The number of aryl methyl sites for hydroxylation is 1. The van der Waals surface area contributed by atoms with E-state index in [1.807, 2.05) is 0 Å². The van der Waals surface area contributed by atoms with E-state index in [9.17, 15) is 22.8 Å². The van der Waals surface area contributed by atoms with Gasteiger partial charge in [-0.1, -0.05) is 18.5 Å². The van der Waals surface area contributed by atoms with Gasteiger partial charge in [0, 0.05) is 12.8 Å². The van der Waals surface area contributed by atoms with E-state index in [1.165, 1.54) is 0 Å². The molecule has 1 aliphatic carbocycles. The van der Waals surface area contributed by atoms with E-state index < -0.39 is 36.4 Å². The standard InChI is InChI=1S/C23H28F3N7O3/c1-4-14(9-23(24,25)26)7-19(34)30-21(15-5-6-15)16-8-18-29-17(11-33(18)27-10-16)12(2)28-22(35)20-13(3)31-36-32-20/h8,10-12,14-15,21H,4-7,9H2,1-3H3,(H,28,35)(H,30,34)/t12-,14+,21+/m0/s1. The third kappa shape index (κ3) is 6.18. The van der Waals surface area contributed by atoms with Gasteiger partial charge in [-0.3, -0.25) is 9.59 Å². The normalized spacial score (nSPS) is 16.5. The van der Waals surface area contributed by atoms with Crippen molar-refractivity contribution >= 4 is 17.5 Å². The second-order valence-electron chi connectivity index (χ2n) is 9.33. The fourth-order valence-corrected chi connectivity index (χ4v) is 4.15. The van der Waals surface area contributed by atoms with Crippen molar-refractivity contribution < 1.29 is 27.4 Å². The van der Waals surface area contributed by atoms with E-state index in [0.717, 1.165) is 18.4 Å². The molecule has 3 heterocycles. The fraction of sp³-hybridized carbons (Fsp3) is 0.565.